The Hall–Kier alpha value is -0.290. The summed E-state index contributed by atoms with van der Waals surface area (Å²) in [6.45, 7) is 0.839. The maximum atomic E-state index is 11.7. The quantitative estimate of drug-likeness (QED) is 0.629. The van der Waals surface area contributed by atoms with Crippen LogP contribution in [0, 0.1) is 0 Å². The van der Waals surface area contributed by atoms with Crippen molar-refractivity contribution in [3.63, 3.8) is 0 Å². The van der Waals surface area contributed by atoms with Crippen molar-refractivity contribution in [1.29, 1.82) is 0 Å². The molecule has 1 atom stereocenters. The first-order valence-electron chi connectivity index (χ1n) is 5.78. The van der Waals surface area contributed by atoms with Crippen molar-refractivity contribution < 1.29 is 23.0 Å². The number of hydrogen-bond donors (Lipinski definition) is 1. The fraction of sp³-hybridized carbons (Fsp3) is 1.00. The van der Waals surface area contributed by atoms with Crippen molar-refractivity contribution >= 4 is 0 Å². The highest BCUT2D eigenvalue weighted by Gasteiger charge is 2.27. The number of hydrogen-bond acceptors (Lipinski definition) is 2. The largest absolute Gasteiger partial charge is 0.411 e. The lowest BCUT2D eigenvalue weighted by Crippen LogP contribution is -2.19. The lowest BCUT2D eigenvalue weighted by molar-refractivity contribution is -0.175. The zero-order chi connectivity index (χ0) is 12.4. The van der Waals surface area contributed by atoms with Gasteiger partial charge in [-0.2, -0.15) is 13.2 Å². The standard InChI is InChI=1S/C11H21F3O2/c1-2-3-4-5-6-10(15)7-8-16-9-11(12,13)14/h10,15H,2-9H2,1H3. The predicted octanol–water partition coefficient (Wildman–Crippen LogP) is 3.29. The highest BCUT2D eigenvalue weighted by molar-refractivity contribution is 4.56. The smallest absolute Gasteiger partial charge is 0.393 e. The van der Waals surface area contributed by atoms with Crippen molar-refractivity contribution in [3.05, 3.63) is 0 Å². The molecule has 2 nitrogen and oxygen atoms in total. The van der Waals surface area contributed by atoms with E-state index in [0.717, 1.165) is 25.7 Å². The minimum Gasteiger partial charge on any atom is -0.393 e. The van der Waals surface area contributed by atoms with Gasteiger partial charge < -0.3 is 9.84 Å². The molecule has 0 aliphatic heterocycles. The summed E-state index contributed by atoms with van der Waals surface area (Å²) >= 11 is 0. The van der Waals surface area contributed by atoms with Gasteiger partial charge in [0.15, 0.2) is 0 Å². The lowest BCUT2D eigenvalue weighted by Gasteiger charge is -2.11. The molecule has 0 aliphatic carbocycles. The van der Waals surface area contributed by atoms with Gasteiger partial charge >= 0.3 is 6.18 Å². The molecule has 0 amide bonds. The van der Waals surface area contributed by atoms with Crippen LogP contribution in [0.15, 0.2) is 0 Å². The summed E-state index contributed by atoms with van der Waals surface area (Å²) in [6.07, 6.45) is 0.377. The Balaban J connectivity index is 3.27. The van der Waals surface area contributed by atoms with Crippen LogP contribution < -0.4 is 0 Å². The maximum absolute atomic E-state index is 11.7. The molecule has 0 aromatic rings. The summed E-state index contributed by atoms with van der Waals surface area (Å²) in [5, 5.41) is 9.42. The van der Waals surface area contributed by atoms with Crippen LogP contribution in [-0.4, -0.2) is 30.6 Å². The second kappa shape index (κ2) is 8.82. The Morgan fingerprint density at radius 2 is 1.81 bits per heavy atom. The third-order valence-corrected chi connectivity index (χ3v) is 2.25. The molecule has 0 aliphatic rings. The van der Waals surface area contributed by atoms with Gasteiger partial charge in [-0.15, -0.1) is 0 Å². The van der Waals surface area contributed by atoms with Crippen molar-refractivity contribution in [3.8, 4) is 0 Å². The number of rotatable bonds is 9. The van der Waals surface area contributed by atoms with Gasteiger partial charge in [-0.1, -0.05) is 32.6 Å². The van der Waals surface area contributed by atoms with Crippen LogP contribution in [0.3, 0.4) is 0 Å². The Morgan fingerprint density at radius 3 is 2.38 bits per heavy atom. The summed E-state index contributed by atoms with van der Waals surface area (Å²) in [6, 6.07) is 0. The number of unbranched alkanes of at least 4 members (excludes halogenated alkanes) is 3. The molecule has 0 aromatic heterocycles. The van der Waals surface area contributed by atoms with Gasteiger partial charge in [-0.05, 0) is 12.8 Å². The molecule has 0 fully saturated rings. The first-order chi connectivity index (χ1) is 7.45. The zero-order valence-electron chi connectivity index (χ0n) is 9.72. The Bertz CT molecular complexity index is 160. The molecule has 0 radical (unpaired) electrons. The van der Waals surface area contributed by atoms with Crippen LogP contribution >= 0.6 is 0 Å². The molecule has 98 valence electrons. The monoisotopic (exact) mass is 242 g/mol. The number of alkyl halides is 3. The fourth-order valence-electron chi connectivity index (χ4n) is 1.36. The van der Waals surface area contributed by atoms with Gasteiger partial charge in [0.2, 0.25) is 0 Å². The van der Waals surface area contributed by atoms with Gasteiger partial charge in [0.05, 0.1) is 6.10 Å². The lowest BCUT2D eigenvalue weighted by atomic mass is 10.1. The fourth-order valence-corrected chi connectivity index (χ4v) is 1.36. The average Bonchev–Trinajstić information content (AvgIpc) is 2.18. The molecular weight excluding hydrogens is 221 g/mol. The summed E-state index contributed by atoms with van der Waals surface area (Å²) in [5.41, 5.74) is 0. The van der Waals surface area contributed by atoms with E-state index in [1.165, 1.54) is 0 Å². The first-order valence-corrected chi connectivity index (χ1v) is 5.78. The van der Waals surface area contributed by atoms with Gasteiger partial charge in [-0.25, -0.2) is 0 Å². The molecular formula is C11H21F3O2. The predicted molar refractivity (Wildman–Crippen MR) is 56.3 cm³/mol. The summed E-state index contributed by atoms with van der Waals surface area (Å²) in [5.74, 6) is 0. The topological polar surface area (TPSA) is 29.5 Å². The summed E-state index contributed by atoms with van der Waals surface area (Å²) in [4.78, 5) is 0. The number of aliphatic hydroxyl groups is 1. The van der Waals surface area contributed by atoms with Crippen LogP contribution in [0.4, 0.5) is 13.2 Å². The molecule has 0 rings (SSSR count). The third kappa shape index (κ3) is 11.8. The van der Waals surface area contributed by atoms with Crippen molar-refractivity contribution in [2.75, 3.05) is 13.2 Å². The maximum Gasteiger partial charge on any atom is 0.411 e. The highest BCUT2D eigenvalue weighted by Crippen LogP contribution is 2.15. The number of ether oxygens (including phenoxy) is 1. The van der Waals surface area contributed by atoms with E-state index in [0.29, 0.717) is 6.42 Å². The molecule has 1 N–H and O–H groups in total. The van der Waals surface area contributed by atoms with Crippen LogP contribution in [-0.2, 0) is 4.74 Å². The minimum absolute atomic E-state index is 0.0333. The van der Waals surface area contributed by atoms with Crippen LogP contribution in [0.5, 0.6) is 0 Å². The van der Waals surface area contributed by atoms with Crippen molar-refractivity contribution in [1.82, 2.24) is 0 Å². The summed E-state index contributed by atoms with van der Waals surface area (Å²) in [7, 11) is 0. The molecule has 0 bridgehead atoms. The molecule has 5 heteroatoms. The van der Waals surface area contributed by atoms with E-state index in [-0.39, 0.29) is 13.0 Å². The Kier molecular flexibility index (Phi) is 8.66. The van der Waals surface area contributed by atoms with E-state index < -0.39 is 18.9 Å². The second-order valence-corrected chi connectivity index (χ2v) is 3.96. The highest BCUT2D eigenvalue weighted by atomic mass is 19.4. The second-order valence-electron chi connectivity index (χ2n) is 3.96. The number of aliphatic hydroxyl groups excluding tert-OH is 1. The van der Waals surface area contributed by atoms with Crippen molar-refractivity contribution in [2.24, 2.45) is 0 Å². The third-order valence-electron chi connectivity index (χ3n) is 2.25. The van der Waals surface area contributed by atoms with E-state index in [1.54, 1.807) is 0 Å². The van der Waals surface area contributed by atoms with E-state index in [1.807, 2.05) is 0 Å². The molecule has 0 saturated heterocycles. The van der Waals surface area contributed by atoms with Gasteiger partial charge in [0, 0.05) is 6.61 Å². The normalized spacial score (nSPS) is 14.1. The van der Waals surface area contributed by atoms with Crippen LogP contribution in [0.2, 0.25) is 0 Å². The Morgan fingerprint density at radius 1 is 1.12 bits per heavy atom. The van der Waals surface area contributed by atoms with E-state index in [9.17, 15) is 18.3 Å². The molecule has 1 unspecified atom stereocenters. The molecule has 0 heterocycles. The van der Waals surface area contributed by atoms with Crippen molar-refractivity contribution in [2.45, 2.75) is 57.7 Å². The molecule has 0 spiro atoms. The molecule has 0 saturated carbocycles. The average molecular weight is 242 g/mol. The number of halogens is 3. The summed E-state index contributed by atoms with van der Waals surface area (Å²) < 4.78 is 39.5. The van der Waals surface area contributed by atoms with Crippen LogP contribution in [0.1, 0.15) is 45.4 Å². The molecule has 16 heavy (non-hydrogen) atoms. The van der Waals surface area contributed by atoms with Gasteiger partial charge in [0.1, 0.15) is 6.61 Å². The van der Waals surface area contributed by atoms with E-state index >= 15 is 0 Å². The molecule has 0 aromatic carbocycles. The SMILES string of the molecule is CCCCCCC(O)CCOCC(F)(F)F. The zero-order valence-corrected chi connectivity index (χ0v) is 9.72. The van der Waals surface area contributed by atoms with Gasteiger partial charge in [0.25, 0.3) is 0 Å². The first kappa shape index (κ1) is 15.7. The van der Waals surface area contributed by atoms with E-state index in [2.05, 4.69) is 11.7 Å². The minimum atomic E-state index is -4.27. The van der Waals surface area contributed by atoms with Crippen LogP contribution in [0.25, 0.3) is 0 Å². The Labute approximate surface area is 94.8 Å². The van der Waals surface area contributed by atoms with E-state index in [4.69, 9.17) is 0 Å². The van der Waals surface area contributed by atoms with Gasteiger partial charge in [-0.3, -0.25) is 0 Å².